The SMILES string of the molecule is O=C(COC(=O)c1c(O)cccc1O)c1ccccc1. The van der Waals surface area contributed by atoms with Gasteiger partial charge in [0.25, 0.3) is 0 Å². The van der Waals surface area contributed by atoms with Crippen LogP contribution in [0.1, 0.15) is 20.7 Å². The van der Waals surface area contributed by atoms with E-state index in [2.05, 4.69) is 0 Å². The molecule has 2 rings (SSSR count). The van der Waals surface area contributed by atoms with Crippen molar-refractivity contribution in [2.75, 3.05) is 6.61 Å². The van der Waals surface area contributed by atoms with Gasteiger partial charge in [-0.2, -0.15) is 0 Å². The van der Waals surface area contributed by atoms with Crippen molar-refractivity contribution in [3.8, 4) is 11.5 Å². The molecule has 0 bridgehead atoms. The Morgan fingerprint density at radius 3 is 2.10 bits per heavy atom. The fourth-order valence-electron chi connectivity index (χ4n) is 1.65. The van der Waals surface area contributed by atoms with Crippen LogP contribution in [0.3, 0.4) is 0 Å². The summed E-state index contributed by atoms with van der Waals surface area (Å²) in [6, 6.07) is 12.2. The first-order valence-corrected chi connectivity index (χ1v) is 5.86. The molecule has 0 atom stereocenters. The Morgan fingerprint density at radius 1 is 0.900 bits per heavy atom. The van der Waals surface area contributed by atoms with Crippen LogP contribution in [0.25, 0.3) is 0 Å². The van der Waals surface area contributed by atoms with Gasteiger partial charge >= 0.3 is 5.97 Å². The van der Waals surface area contributed by atoms with Crippen LogP contribution in [0.15, 0.2) is 48.5 Å². The van der Waals surface area contributed by atoms with Gasteiger partial charge in [-0.15, -0.1) is 0 Å². The van der Waals surface area contributed by atoms with Gasteiger partial charge in [0, 0.05) is 5.56 Å². The molecule has 0 spiro atoms. The zero-order chi connectivity index (χ0) is 14.5. The number of Topliss-reactive ketones (excluding diaryl/α,β-unsaturated/α-hetero) is 1. The molecule has 102 valence electrons. The van der Waals surface area contributed by atoms with Gasteiger partial charge in [-0.3, -0.25) is 4.79 Å². The lowest BCUT2D eigenvalue weighted by atomic mass is 10.1. The first-order valence-electron chi connectivity index (χ1n) is 5.86. The first kappa shape index (κ1) is 13.6. The average molecular weight is 272 g/mol. The molecule has 0 aliphatic carbocycles. The van der Waals surface area contributed by atoms with E-state index in [9.17, 15) is 19.8 Å². The van der Waals surface area contributed by atoms with Crippen LogP contribution >= 0.6 is 0 Å². The summed E-state index contributed by atoms with van der Waals surface area (Å²) in [5.41, 5.74) is 0.0650. The molecule has 0 unspecified atom stereocenters. The van der Waals surface area contributed by atoms with Crippen LogP contribution in [0.5, 0.6) is 11.5 Å². The Kier molecular flexibility index (Phi) is 4.00. The van der Waals surface area contributed by atoms with Crippen molar-refractivity contribution in [2.45, 2.75) is 0 Å². The molecule has 2 aromatic rings. The van der Waals surface area contributed by atoms with Gasteiger partial charge in [0.2, 0.25) is 0 Å². The van der Waals surface area contributed by atoms with Crippen molar-refractivity contribution in [1.82, 2.24) is 0 Å². The number of ketones is 1. The molecule has 0 heterocycles. The summed E-state index contributed by atoms with van der Waals surface area (Å²) in [7, 11) is 0. The van der Waals surface area contributed by atoms with Gasteiger partial charge in [0.1, 0.15) is 17.1 Å². The van der Waals surface area contributed by atoms with Gasteiger partial charge in [-0.05, 0) is 12.1 Å². The second-order valence-electron chi connectivity index (χ2n) is 4.04. The number of phenolic OH excluding ortho intramolecular Hbond substituents is 2. The Balaban J connectivity index is 2.05. The average Bonchev–Trinajstić information content (AvgIpc) is 2.45. The van der Waals surface area contributed by atoms with E-state index in [0.717, 1.165) is 0 Å². The molecule has 0 saturated heterocycles. The lowest BCUT2D eigenvalue weighted by Crippen LogP contribution is -2.14. The Morgan fingerprint density at radius 2 is 1.50 bits per heavy atom. The van der Waals surface area contributed by atoms with E-state index < -0.39 is 24.1 Å². The third kappa shape index (κ3) is 2.95. The number of phenols is 2. The van der Waals surface area contributed by atoms with E-state index >= 15 is 0 Å². The number of hydrogen-bond acceptors (Lipinski definition) is 5. The van der Waals surface area contributed by atoms with E-state index in [1.54, 1.807) is 30.3 Å². The van der Waals surface area contributed by atoms with Gasteiger partial charge in [0.15, 0.2) is 12.4 Å². The van der Waals surface area contributed by atoms with Crippen molar-refractivity contribution >= 4 is 11.8 Å². The number of hydrogen-bond donors (Lipinski definition) is 2. The van der Waals surface area contributed by atoms with Crippen molar-refractivity contribution in [1.29, 1.82) is 0 Å². The third-order valence-electron chi connectivity index (χ3n) is 2.65. The van der Waals surface area contributed by atoms with Crippen LogP contribution in [0.2, 0.25) is 0 Å². The predicted molar refractivity (Wildman–Crippen MR) is 70.8 cm³/mol. The predicted octanol–water partition coefficient (Wildman–Crippen LogP) is 2.14. The number of carbonyl (C=O) groups is 2. The molecule has 2 N–H and O–H groups in total. The monoisotopic (exact) mass is 272 g/mol. The molecule has 0 fully saturated rings. The number of esters is 1. The van der Waals surface area contributed by atoms with E-state index in [1.807, 2.05) is 0 Å². The topological polar surface area (TPSA) is 83.8 Å². The van der Waals surface area contributed by atoms with Crippen molar-refractivity contribution in [3.63, 3.8) is 0 Å². The fourth-order valence-corrected chi connectivity index (χ4v) is 1.65. The zero-order valence-corrected chi connectivity index (χ0v) is 10.4. The van der Waals surface area contributed by atoms with Crippen LogP contribution in [0.4, 0.5) is 0 Å². The number of ether oxygens (including phenoxy) is 1. The highest BCUT2D eigenvalue weighted by Gasteiger charge is 2.18. The molecule has 5 heteroatoms. The molecular formula is C15H12O5. The van der Waals surface area contributed by atoms with Crippen LogP contribution in [0, 0.1) is 0 Å². The number of rotatable bonds is 4. The molecule has 0 radical (unpaired) electrons. The molecule has 0 aliphatic heterocycles. The van der Waals surface area contributed by atoms with E-state index in [-0.39, 0.29) is 11.3 Å². The highest BCUT2D eigenvalue weighted by atomic mass is 16.5. The van der Waals surface area contributed by atoms with Gasteiger partial charge < -0.3 is 14.9 Å². The molecule has 20 heavy (non-hydrogen) atoms. The Hall–Kier alpha value is -2.82. The van der Waals surface area contributed by atoms with Crippen molar-refractivity contribution < 1.29 is 24.5 Å². The maximum absolute atomic E-state index is 11.7. The number of carbonyl (C=O) groups excluding carboxylic acids is 2. The first-order chi connectivity index (χ1) is 9.59. The molecule has 0 saturated carbocycles. The highest BCUT2D eigenvalue weighted by molar-refractivity contribution is 6.00. The maximum Gasteiger partial charge on any atom is 0.346 e. The smallest absolute Gasteiger partial charge is 0.346 e. The maximum atomic E-state index is 11.7. The normalized spacial score (nSPS) is 10.0. The molecule has 0 aliphatic rings. The van der Waals surface area contributed by atoms with Gasteiger partial charge in [-0.25, -0.2) is 4.79 Å². The van der Waals surface area contributed by atoms with E-state index in [1.165, 1.54) is 18.2 Å². The second kappa shape index (κ2) is 5.88. The minimum atomic E-state index is -0.954. The molecular weight excluding hydrogens is 260 g/mol. The van der Waals surface area contributed by atoms with E-state index in [4.69, 9.17) is 4.74 Å². The molecule has 0 amide bonds. The Bertz CT molecular complexity index is 614. The lowest BCUT2D eigenvalue weighted by Gasteiger charge is -2.07. The van der Waals surface area contributed by atoms with Crippen LogP contribution in [-0.2, 0) is 4.74 Å². The van der Waals surface area contributed by atoms with Crippen molar-refractivity contribution in [2.24, 2.45) is 0 Å². The van der Waals surface area contributed by atoms with E-state index in [0.29, 0.717) is 5.56 Å². The quantitative estimate of drug-likeness (QED) is 0.658. The Labute approximate surface area is 115 Å². The minimum absolute atomic E-state index is 0.353. The van der Waals surface area contributed by atoms with Crippen LogP contribution < -0.4 is 0 Å². The minimum Gasteiger partial charge on any atom is -0.507 e. The summed E-state index contributed by atoms with van der Waals surface area (Å²) < 4.78 is 4.80. The second-order valence-corrected chi connectivity index (χ2v) is 4.04. The highest BCUT2D eigenvalue weighted by Crippen LogP contribution is 2.26. The zero-order valence-electron chi connectivity index (χ0n) is 10.4. The standard InChI is InChI=1S/C15H12O5/c16-11-7-4-8-12(17)14(11)15(19)20-9-13(18)10-5-2-1-3-6-10/h1-8,16-17H,9H2. The largest absolute Gasteiger partial charge is 0.507 e. The number of aromatic hydroxyl groups is 2. The molecule has 2 aromatic carbocycles. The summed E-state index contributed by atoms with van der Waals surface area (Å²) in [5, 5.41) is 19.0. The summed E-state index contributed by atoms with van der Waals surface area (Å²) in [5.74, 6) is -2.12. The summed E-state index contributed by atoms with van der Waals surface area (Å²) >= 11 is 0. The van der Waals surface area contributed by atoms with Gasteiger partial charge in [0.05, 0.1) is 0 Å². The van der Waals surface area contributed by atoms with Gasteiger partial charge in [-0.1, -0.05) is 36.4 Å². The van der Waals surface area contributed by atoms with Crippen LogP contribution in [-0.4, -0.2) is 28.6 Å². The lowest BCUT2D eigenvalue weighted by molar-refractivity contribution is 0.0468. The summed E-state index contributed by atoms with van der Waals surface area (Å²) in [6.07, 6.45) is 0. The third-order valence-corrected chi connectivity index (χ3v) is 2.65. The number of benzene rings is 2. The fraction of sp³-hybridized carbons (Fsp3) is 0.0667. The summed E-state index contributed by atoms with van der Waals surface area (Å²) in [6.45, 7) is -0.462. The van der Waals surface area contributed by atoms with Crippen molar-refractivity contribution in [3.05, 3.63) is 59.7 Å². The molecule has 5 nitrogen and oxygen atoms in total. The molecule has 0 aromatic heterocycles. The summed E-state index contributed by atoms with van der Waals surface area (Å²) in [4.78, 5) is 23.5.